The van der Waals surface area contributed by atoms with Crippen LogP contribution in [0.15, 0.2) is 41.3 Å². The zero-order valence-electron chi connectivity index (χ0n) is 13.8. The van der Waals surface area contributed by atoms with Crippen LogP contribution in [0.3, 0.4) is 0 Å². The number of anilines is 1. The summed E-state index contributed by atoms with van der Waals surface area (Å²) in [5.41, 5.74) is 0.203. The number of nitrogens with one attached hydrogen (secondary N) is 1. The monoisotopic (exact) mass is 415 g/mol. The van der Waals surface area contributed by atoms with Gasteiger partial charge in [-0.1, -0.05) is 17.7 Å². The van der Waals surface area contributed by atoms with Gasteiger partial charge in [-0.05, 0) is 30.2 Å². The third-order valence-corrected chi connectivity index (χ3v) is 5.46. The lowest BCUT2D eigenvalue weighted by Gasteiger charge is -2.22. The van der Waals surface area contributed by atoms with E-state index < -0.39 is 32.9 Å². The fraction of sp³-hybridized carbons (Fsp3) is 0.250. The van der Waals surface area contributed by atoms with Crippen molar-refractivity contribution in [2.75, 3.05) is 11.9 Å². The van der Waals surface area contributed by atoms with Crippen molar-refractivity contribution in [3.05, 3.63) is 62.9 Å². The van der Waals surface area contributed by atoms with Crippen molar-refractivity contribution in [1.82, 2.24) is 0 Å². The van der Waals surface area contributed by atoms with Gasteiger partial charge in [0.15, 0.2) is 0 Å². The summed E-state index contributed by atoms with van der Waals surface area (Å²) >= 11 is 5.70. The molecule has 2 atom stereocenters. The van der Waals surface area contributed by atoms with Crippen molar-refractivity contribution < 1.29 is 22.5 Å². The number of primary sulfonamides is 1. The molecule has 0 saturated carbocycles. The van der Waals surface area contributed by atoms with Gasteiger partial charge in [-0.15, -0.1) is 0 Å². The summed E-state index contributed by atoms with van der Waals surface area (Å²) in [5, 5.41) is 19.2. The van der Waals surface area contributed by atoms with E-state index in [2.05, 4.69) is 5.32 Å². The molecule has 2 aromatic carbocycles. The molecule has 0 bridgehead atoms. The average Bonchev–Trinajstić information content (AvgIpc) is 3.04. The normalized spacial score (nSPS) is 19.8. The molecule has 11 heteroatoms. The lowest BCUT2D eigenvalue weighted by Crippen LogP contribution is -2.25. The lowest BCUT2D eigenvalue weighted by atomic mass is 10.0. The van der Waals surface area contributed by atoms with E-state index >= 15 is 0 Å². The molecule has 0 amide bonds. The number of halogens is 2. The van der Waals surface area contributed by atoms with E-state index in [1.165, 1.54) is 12.1 Å². The number of benzene rings is 2. The Hall–Kier alpha value is -2.27. The van der Waals surface area contributed by atoms with Crippen LogP contribution in [-0.2, 0) is 14.8 Å². The third kappa shape index (κ3) is 4.19. The zero-order chi connectivity index (χ0) is 19.8. The number of hydrogen-bond acceptors (Lipinski definition) is 6. The molecule has 0 spiro atoms. The van der Waals surface area contributed by atoms with Gasteiger partial charge in [0.1, 0.15) is 16.8 Å². The minimum atomic E-state index is -4.12. The van der Waals surface area contributed by atoms with E-state index in [1.54, 1.807) is 6.07 Å². The summed E-state index contributed by atoms with van der Waals surface area (Å²) < 4.78 is 43.0. The molecule has 1 aliphatic rings. The molecule has 1 aliphatic heterocycles. The Morgan fingerprint density at radius 2 is 2.04 bits per heavy atom. The van der Waals surface area contributed by atoms with Crippen LogP contribution in [0.5, 0.6) is 0 Å². The Balaban J connectivity index is 1.96. The molecule has 0 aromatic heterocycles. The van der Waals surface area contributed by atoms with E-state index in [4.69, 9.17) is 21.5 Å². The highest BCUT2D eigenvalue weighted by Crippen LogP contribution is 2.35. The maximum atomic E-state index is 13.8. The molecule has 2 unspecified atom stereocenters. The van der Waals surface area contributed by atoms with Crippen molar-refractivity contribution in [3.63, 3.8) is 0 Å². The van der Waals surface area contributed by atoms with Crippen molar-refractivity contribution in [2.45, 2.75) is 23.5 Å². The number of nitro groups is 1. The second-order valence-electron chi connectivity index (χ2n) is 5.99. The predicted octanol–water partition coefficient (Wildman–Crippen LogP) is 2.98. The second kappa shape index (κ2) is 7.39. The highest BCUT2D eigenvalue weighted by molar-refractivity contribution is 7.89. The number of rotatable bonds is 5. The summed E-state index contributed by atoms with van der Waals surface area (Å²) in [6.07, 6.45) is -0.119. The van der Waals surface area contributed by atoms with Crippen LogP contribution in [0, 0.1) is 15.9 Å². The lowest BCUT2D eigenvalue weighted by molar-refractivity contribution is -0.384. The number of nitrogens with zero attached hydrogens (tertiary/aromatic N) is 1. The molecule has 1 saturated heterocycles. The Morgan fingerprint density at radius 3 is 2.67 bits per heavy atom. The van der Waals surface area contributed by atoms with Crippen LogP contribution in [0.1, 0.15) is 18.1 Å². The number of ether oxygens (including phenoxy) is 1. The minimum Gasteiger partial charge on any atom is -0.378 e. The maximum Gasteiger partial charge on any atom is 0.271 e. The summed E-state index contributed by atoms with van der Waals surface area (Å²) in [6.45, 7) is 0.339. The van der Waals surface area contributed by atoms with Gasteiger partial charge in [-0.3, -0.25) is 10.1 Å². The maximum absolute atomic E-state index is 13.8. The average molecular weight is 416 g/mol. The molecule has 1 heterocycles. The highest BCUT2D eigenvalue weighted by atomic mass is 35.5. The van der Waals surface area contributed by atoms with Crippen LogP contribution in [0.2, 0.25) is 5.02 Å². The Bertz CT molecular complexity index is 1000. The molecular formula is C16H15ClFN3O5S. The van der Waals surface area contributed by atoms with Gasteiger partial charge < -0.3 is 10.1 Å². The van der Waals surface area contributed by atoms with E-state index in [1.807, 2.05) is 0 Å². The summed E-state index contributed by atoms with van der Waals surface area (Å²) in [5.74, 6) is -0.607. The van der Waals surface area contributed by atoms with Crippen molar-refractivity contribution in [2.24, 2.45) is 5.14 Å². The first-order valence-electron chi connectivity index (χ1n) is 7.81. The summed E-state index contributed by atoms with van der Waals surface area (Å²) in [4.78, 5) is 10.1. The zero-order valence-corrected chi connectivity index (χ0v) is 15.3. The number of nitrogens with two attached hydrogens (primary N) is 1. The molecule has 3 rings (SSSR count). The van der Waals surface area contributed by atoms with Crippen LogP contribution in [0.25, 0.3) is 0 Å². The van der Waals surface area contributed by atoms with E-state index in [-0.39, 0.29) is 21.3 Å². The molecule has 0 aliphatic carbocycles. The SMILES string of the molecule is NS(=O)(=O)c1ccc([N+](=O)[O-])cc1NC1CCOC1c1ccc(Cl)c(F)c1. The van der Waals surface area contributed by atoms with E-state index in [9.17, 15) is 22.9 Å². The van der Waals surface area contributed by atoms with Gasteiger partial charge in [0, 0.05) is 18.7 Å². The molecule has 144 valence electrons. The van der Waals surface area contributed by atoms with Gasteiger partial charge in [0.05, 0.1) is 21.7 Å². The summed E-state index contributed by atoms with van der Waals surface area (Å²) in [6, 6.07) is 7.01. The van der Waals surface area contributed by atoms with Gasteiger partial charge in [0.25, 0.3) is 5.69 Å². The Labute approximate surface area is 159 Å². The number of nitro benzene ring substituents is 1. The standard InChI is InChI=1S/C16H15ClFN3O5S/c17-11-3-1-9(7-12(11)18)16-13(5-6-26-16)20-14-8-10(21(22)23)2-4-15(14)27(19,24)25/h1-4,7-8,13,16,20H,5-6H2,(H2,19,24,25). The fourth-order valence-electron chi connectivity index (χ4n) is 2.95. The molecule has 8 nitrogen and oxygen atoms in total. The topological polar surface area (TPSA) is 125 Å². The van der Waals surface area contributed by atoms with Crippen LogP contribution in [0.4, 0.5) is 15.8 Å². The molecule has 0 radical (unpaired) electrons. The van der Waals surface area contributed by atoms with Gasteiger partial charge in [0.2, 0.25) is 10.0 Å². The van der Waals surface area contributed by atoms with Crippen molar-refractivity contribution in [3.8, 4) is 0 Å². The van der Waals surface area contributed by atoms with Crippen LogP contribution in [-0.4, -0.2) is 26.0 Å². The first-order chi connectivity index (χ1) is 12.7. The molecule has 1 fully saturated rings. The van der Waals surface area contributed by atoms with E-state index in [0.29, 0.717) is 18.6 Å². The molecule has 3 N–H and O–H groups in total. The molecule has 27 heavy (non-hydrogen) atoms. The van der Waals surface area contributed by atoms with Gasteiger partial charge in [-0.25, -0.2) is 17.9 Å². The van der Waals surface area contributed by atoms with Gasteiger partial charge >= 0.3 is 0 Å². The van der Waals surface area contributed by atoms with Crippen molar-refractivity contribution >= 4 is 33.0 Å². The Morgan fingerprint density at radius 1 is 1.30 bits per heavy atom. The molecule has 2 aromatic rings. The summed E-state index contributed by atoms with van der Waals surface area (Å²) in [7, 11) is -4.12. The quantitative estimate of drug-likeness (QED) is 0.571. The van der Waals surface area contributed by atoms with Crippen molar-refractivity contribution in [1.29, 1.82) is 0 Å². The number of non-ortho nitro benzene ring substituents is 1. The van der Waals surface area contributed by atoms with Gasteiger partial charge in [-0.2, -0.15) is 0 Å². The Kier molecular flexibility index (Phi) is 5.33. The van der Waals surface area contributed by atoms with E-state index in [0.717, 1.165) is 18.2 Å². The smallest absolute Gasteiger partial charge is 0.271 e. The first-order valence-corrected chi connectivity index (χ1v) is 9.73. The third-order valence-electron chi connectivity index (χ3n) is 4.19. The number of hydrogen-bond donors (Lipinski definition) is 2. The minimum absolute atomic E-state index is 0.0124. The largest absolute Gasteiger partial charge is 0.378 e. The first kappa shape index (κ1) is 19.5. The predicted molar refractivity (Wildman–Crippen MR) is 96.6 cm³/mol. The number of sulfonamides is 1. The van der Waals surface area contributed by atoms with Crippen LogP contribution >= 0.6 is 11.6 Å². The fourth-order valence-corrected chi connectivity index (χ4v) is 3.75. The highest BCUT2D eigenvalue weighted by Gasteiger charge is 2.32. The molecular weight excluding hydrogens is 401 g/mol. The second-order valence-corrected chi connectivity index (χ2v) is 7.92. The van der Waals surface area contributed by atoms with Crippen LogP contribution < -0.4 is 10.5 Å².